The first-order valence-corrected chi connectivity index (χ1v) is 6.77. The summed E-state index contributed by atoms with van der Waals surface area (Å²) in [6.07, 6.45) is 7.84. The van der Waals surface area contributed by atoms with Gasteiger partial charge in [-0.05, 0) is 52.2 Å². The summed E-state index contributed by atoms with van der Waals surface area (Å²) in [7, 11) is 2.27. The first-order chi connectivity index (χ1) is 7.25. The van der Waals surface area contributed by atoms with Gasteiger partial charge < -0.3 is 10.2 Å². The van der Waals surface area contributed by atoms with Crippen LogP contribution in [0.3, 0.4) is 0 Å². The number of nitrogens with one attached hydrogen (secondary N) is 1. The third-order valence-corrected chi connectivity index (χ3v) is 4.27. The molecule has 0 aromatic rings. The Morgan fingerprint density at radius 1 is 1.33 bits per heavy atom. The maximum atomic E-state index is 5.95. The van der Waals surface area contributed by atoms with Crippen molar-refractivity contribution in [1.29, 1.82) is 0 Å². The summed E-state index contributed by atoms with van der Waals surface area (Å²) in [5.74, 6) is 0. The van der Waals surface area contributed by atoms with Crippen molar-refractivity contribution in [2.45, 2.75) is 56.0 Å². The minimum absolute atomic E-state index is 0.444. The lowest BCUT2D eigenvalue weighted by molar-refractivity contribution is 0.172. The van der Waals surface area contributed by atoms with E-state index < -0.39 is 0 Å². The van der Waals surface area contributed by atoms with Crippen molar-refractivity contribution in [1.82, 2.24) is 10.2 Å². The molecule has 1 unspecified atom stereocenters. The molecule has 1 saturated carbocycles. The smallest absolute Gasteiger partial charge is 0.0365 e. The highest BCUT2D eigenvalue weighted by atomic mass is 35.5. The standard InChI is InChI=1S/C12H23ClN2/c1-15-7-3-2-4-12(15)5-6-14-11-8-10(13)9-11/h10-12,14H,2-9H2,1H3. The molecule has 1 aliphatic carbocycles. The number of hydrogen-bond acceptors (Lipinski definition) is 2. The minimum atomic E-state index is 0.444. The predicted molar refractivity (Wildman–Crippen MR) is 65.6 cm³/mol. The topological polar surface area (TPSA) is 15.3 Å². The molecule has 0 aromatic carbocycles. The fourth-order valence-electron chi connectivity index (χ4n) is 2.68. The van der Waals surface area contributed by atoms with E-state index in [0.717, 1.165) is 6.04 Å². The summed E-state index contributed by atoms with van der Waals surface area (Å²) in [4.78, 5) is 2.52. The molecule has 0 amide bonds. The van der Waals surface area contributed by atoms with Gasteiger partial charge in [0.2, 0.25) is 0 Å². The Balaban J connectivity index is 1.56. The number of nitrogens with zero attached hydrogens (tertiary/aromatic N) is 1. The molecule has 1 atom stereocenters. The van der Waals surface area contributed by atoms with Crippen LogP contribution in [0, 0.1) is 0 Å². The fraction of sp³-hybridized carbons (Fsp3) is 1.00. The molecule has 15 heavy (non-hydrogen) atoms. The molecule has 2 rings (SSSR count). The summed E-state index contributed by atoms with van der Waals surface area (Å²) in [6, 6.07) is 1.53. The molecule has 3 heteroatoms. The van der Waals surface area contributed by atoms with Gasteiger partial charge in [-0.1, -0.05) is 6.42 Å². The first-order valence-electron chi connectivity index (χ1n) is 6.33. The van der Waals surface area contributed by atoms with Crippen LogP contribution in [0.25, 0.3) is 0 Å². The van der Waals surface area contributed by atoms with Crippen LogP contribution < -0.4 is 5.32 Å². The van der Waals surface area contributed by atoms with E-state index in [4.69, 9.17) is 11.6 Å². The Labute approximate surface area is 98.4 Å². The lowest BCUT2D eigenvalue weighted by Crippen LogP contribution is -2.44. The van der Waals surface area contributed by atoms with E-state index in [1.807, 2.05) is 0 Å². The molecular formula is C12H23ClN2. The van der Waals surface area contributed by atoms with Gasteiger partial charge in [-0.15, -0.1) is 11.6 Å². The van der Waals surface area contributed by atoms with E-state index in [-0.39, 0.29) is 0 Å². The van der Waals surface area contributed by atoms with Crippen molar-refractivity contribution in [3.05, 3.63) is 0 Å². The van der Waals surface area contributed by atoms with Crippen LogP contribution in [-0.4, -0.2) is 42.5 Å². The van der Waals surface area contributed by atoms with E-state index in [1.54, 1.807) is 0 Å². The van der Waals surface area contributed by atoms with Crippen LogP contribution >= 0.6 is 11.6 Å². The maximum absolute atomic E-state index is 5.95. The second kappa shape index (κ2) is 5.51. The Kier molecular flexibility index (Phi) is 4.30. The average molecular weight is 231 g/mol. The van der Waals surface area contributed by atoms with Gasteiger partial charge in [0.15, 0.2) is 0 Å². The van der Waals surface area contributed by atoms with Crippen molar-refractivity contribution in [2.24, 2.45) is 0 Å². The first kappa shape index (κ1) is 11.7. The quantitative estimate of drug-likeness (QED) is 0.746. The second-order valence-corrected chi connectivity index (χ2v) is 5.76. The number of piperidine rings is 1. The third-order valence-electron chi connectivity index (χ3n) is 3.91. The van der Waals surface area contributed by atoms with Crippen molar-refractivity contribution < 1.29 is 0 Å². The van der Waals surface area contributed by atoms with Gasteiger partial charge in [-0.25, -0.2) is 0 Å². The maximum Gasteiger partial charge on any atom is 0.0365 e. The molecule has 1 aliphatic heterocycles. The zero-order valence-corrected chi connectivity index (χ0v) is 10.5. The van der Waals surface area contributed by atoms with Gasteiger partial charge in [-0.3, -0.25) is 0 Å². The monoisotopic (exact) mass is 230 g/mol. The minimum Gasteiger partial charge on any atom is -0.314 e. The summed E-state index contributed by atoms with van der Waals surface area (Å²) < 4.78 is 0. The Hall–Kier alpha value is 0.210. The second-order valence-electron chi connectivity index (χ2n) is 5.14. The molecule has 0 aromatic heterocycles. The van der Waals surface area contributed by atoms with E-state index >= 15 is 0 Å². The number of rotatable bonds is 4. The zero-order valence-electron chi connectivity index (χ0n) is 9.71. The lowest BCUT2D eigenvalue weighted by atomic mass is 9.92. The molecule has 1 heterocycles. The average Bonchev–Trinajstić information content (AvgIpc) is 2.18. The number of alkyl halides is 1. The van der Waals surface area contributed by atoms with Crippen molar-refractivity contribution in [3.8, 4) is 0 Å². The fourth-order valence-corrected chi connectivity index (χ4v) is 3.11. The largest absolute Gasteiger partial charge is 0.314 e. The van der Waals surface area contributed by atoms with Gasteiger partial charge in [0, 0.05) is 17.5 Å². The van der Waals surface area contributed by atoms with Crippen molar-refractivity contribution in [3.63, 3.8) is 0 Å². The third kappa shape index (κ3) is 3.33. The van der Waals surface area contributed by atoms with Crippen LogP contribution in [0.5, 0.6) is 0 Å². The van der Waals surface area contributed by atoms with E-state index in [9.17, 15) is 0 Å². The summed E-state index contributed by atoms with van der Waals surface area (Å²) >= 11 is 5.95. The van der Waals surface area contributed by atoms with Crippen molar-refractivity contribution in [2.75, 3.05) is 20.1 Å². The Morgan fingerprint density at radius 2 is 2.13 bits per heavy atom. The van der Waals surface area contributed by atoms with Crippen molar-refractivity contribution >= 4 is 11.6 Å². The summed E-state index contributed by atoms with van der Waals surface area (Å²) in [6.45, 7) is 2.46. The number of hydrogen-bond donors (Lipinski definition) is 1. The molecule has 2 fully saturated rings. The molecule has 0 radical (unpaired) electrons. The molecule has 1 N–H and O–H groups in total. The highest BCUT2D eigenvalue weighted by Gasteiger charge is 2.26. The van der Waals surface area contributed by atoms with Gasteiger partial charge >= 0.3 is 0 Å². The highest BCUT2D eigenvalue weighted by molar-refractivity contribution is 6.21. The van der Waals surface area contributed by atoms with Crippen LogP contribution in [-0.2, 0) is 0 Å². The molecular weight excluding hydrogens is 208 g/mol. The SMILES string of the molecule is CN1CCCCC1CCNC1CC(Cl)C1. The summed E-state index contributed by atoms with van der Waals surface area (Å²) in [5.41, 5.74) is 0. The Morgan fingerprint density at radius 3 is 2.80 bits per heavy atom. The molecule has 0 spiro atoms. The molecule has 88 valence electrons. The molecule has 2 nitrogen and oxygen atoms in total. The van der Waals surface area contributed by atoms with E-state index in [2.05, 4.69) is 17.3 Å². The lowest BCUT2D eigenvalue weighted by Gasteiger charge is -2.35. The van der Waals surface area contributed by atoms with E-state index in [1.165, 1.54) is 51.6 Å². The normalized spacial score (nSPS) is 37.6. The van der Waals surface area contributed by atoms with Gasteiger partial charge in [-0.2, -0.15) is 0 Å². The van der Waals surface area contributed by atoms with E-state index in [0.29, 0.717) is 11.4 Å². The number of likely N-dealkylation sites (tertiary alicyclic amines) is 1. The van der Waals surface area contributed by atoms with Crippen LogP contribution in [0.4, 0.5) is 0 Å². The van der Waals surface area contributed by atoms with Crippen LogP contribution in [0.1, 0.15) is 38.5 Å². The number of halogens is 1. The van der Waals surface area contributed by atoms with Crippen LogP contribution in [0.2, 0.25) is 0 Å². The van der Waals surface area contributed by atoms with Gasteiger partial charge in [0.1, 0.15) is 0 Å². The van der Waals surface area contributed by atoms with Gasteiger partial charge in [0.25, 0.3) is 0 Å². The molecule has 0 bridgehead atoms. The zero-order chi connectivity index (χ0) is 10.7. The van der Waals surface area contributed by atoms with Gasteiger partial charge in [0.05, 0.1) is 0 Å². The molecule has 1 saturated heterocycles. The Bertz CT molecular complexity index is 192. The van der Waals surface area contributed by atoms with Crippen LogP contribution in [0.15, 0.2) is 0 Å². The summed E-state index contributed by atoms with van der Waals surface area (Å²) in [5, 5.41) is 4.05. The molecule has 2 aliphatic rings. The predicted octanol–water partition coefficient (Wildman–Crippen LogP) is 2.22. The highest BCUT2D eigenvalue weighted by Crippen LogP contribution is 2.25.